The van der Waals surface area contributed by atoms with Gasteiger partial charge in [-0.1, -0.05) is 6.07 Å². The Balaban J connectivity index is 2.20. The monoisotopic (exact) mass is 274 g/mol. The second-order valence-electron chi connectivity index (χ2n) is 4.74. The molecule has 1 aliphatic carbocycles. The van der Waals surface area contributed by atoms with Gasteiger partial charge in [0.25, 0.3) is 11.6 Å². The lowest BCUT2D eigenvalue weighted by atomic mass is 10.0. The molecule has 0 aliphatic heterocycles. The number of carbonyl (C=O) groups excluding carboxylic acids is 1. The maximum Gasteiger partial charge on any atom is 0.292 e. The summed E-state index contributed by atoms with van der Waals surface area (Å²) in [5.41, 5.74) is 5.29. The van der Waals surface area contributed by atoms with Gasteiger partial charge in [-0.2, -0.15) is 5.26 Å². The SMILES string of the molecule is N#C[C@H]1CCC[C@H]1NC(=O)c1cccc([N+](=O)[O-])c1N. The lowest BCUT2D eigenvalue weighted by Crippen LogP contribution is -2.37. The molecule has 2 rings (SSSR count). The Hall–Kier alpha value is -2.62. The summed E-state index contributed by atoms with van der Waals surface area (Å²) in [5, 5.41) is 22.5. The Morgan fingerprint density at radius 1 is 1.50 bits per heavy atom. The molecule has 0 radical (unpaired) electrons. The zero-order chi connectivity index (χ0) is 14.7. The van der Waals surface area contributed by atoms with E-state index in [2.05, 4.69) is 11.4 Å². The van der Waals surface area contributed by atoms with E-state index >= 15 is 0 Å². The minimum absolute atomic E-state index is 0.0720. The number of nitro benzene ring substituents is 1. The first-order chi connectivity index (χ1) is 9.54. The topological polar surface area (TPSA) is 122 Å². The number of nitriles is 1. The van der Waals surface area contributed by atoms with E-state index in [1.54, 1.807) is 0 Å². The molecule has 0 unspecified atom stereocenters. The van der Waals surface area contributed by atoms with Crippen molar-refractivity contribution in [1.82, 2.24) is 5.32 Å². The number of anilines is 1. The molecule has 3 N–H and O–H groups in total. The quantitative estimate of drug-likeness (QED) is 0.492. The highest BCUT2D eigenvalue weighted by molar-refractivity contribution is 6.01. The number of nitro groups is 1. The smallest absolute Gasteiger partial charge is 0.292 e. The molecule has 20 heavy (non-hydrogen) atoms. The van der Waals surface area contributed by atoms with Crippen LogP contribution in [0.4, 0.5) is 11.4 Å². The molecule has 104 valence electrons. The van der Waals surface area contributed by atoms with Gasteiger partial charge in [-0.15, -0.1) is 0 Å². The predicted octanol–water partition coefficient (Wildman–Crippen LogP) is 1.60. The summed E-state index contributed by atoms with van der Waals surface area (Å²) < 4.78 is 0. The van der Waals surface area contributed by atoms with Crippen LogP contribution in [0.1, 0.15) is 29.6 Å². The van der Waals surface area contributed by atoms with Crippen LogP contribution >= 0.6 is 0 Å². The summed E-state index contributed by atoms with van der Waals surface area (Å²) in [4.78, 5) is 22.3. The van der Waals surface area contributed by atoms with Gasteiger partial charge < -0.3 is 11.1 Å². The standard InChI is InChI=1S/C13H14N4O3/c14-7-8-3-1-5-10(8)16-13(18)9-4-2-6-11(12(9)15)17(19)20/h2,4,6,8,10H,1,3,5,15H2,(H,16,18)/t8-,10-/m1/s1. The molecule has 1 aliphatic rings. The molecule has 7 heteroatoms. The van der Waals surface area contributed by atoms with E-state index in [1.165, 1.54) is 18.2 Å². The number of carbonyl (C=O) groups is 1. The second kappa shape index (κ2) is 5.57. The summed E-state index contributed by atoms with van der Waals surface area (Å²) in [6.07, 6.45) is 2.37. The van der Waals surface area contributed by atoms with E-state index in [0.717, 1.165) is 19.3 Å². The molecule has 1 aromatic rings. The van der Waals surface area contributed by atoms with Gasteiger partial charge in [0.05, 0.1) is 22.5 Å². The van der Waals surface area contributed by atoms with Crippen molar-refractivity contribution in [2.45, 2.75) is 25.3 Å². The van der Waals surface area contributed by atoms with Gasteiger partial charge >= 0.3 is 0 Å². The molecule has 0 spiro atoms. The molecule has 1 fully saturated rings. The number of nitrogens with two attached hydrogens (primary N) is 1. The van der Waals surface area contributed by atoms with Crippen molar-refractivity contribution in [3.63, 3.8) is 0 Å². The summed E-state index contributed by atoms with van der Waals surface area (Å²) in [6.45, 7) is 0. The van der Waals surface area contributed by atoms with E-state index in [4.69, 9.17) is 11.0 Å². The molecule has 2 atom stereocenters. The van der Waals surface area contributed by atoms with E-state index in [1.807, 2.05) is 0 Å². The number of amides is 1. The minimum atomic E-state index is -0.625. The molecule has 0 bridgehead atoms. The van der Waals surface area contributed by atoms with Crippen molar-refractivity contribution in [2.24, 2.45) is 5.92 Å². The lowest BCUT2D eigenvalue weighted by Gasteiger charge is -2.16. The zero-order valence-corrected chi connectivity index (χ0v) is 10.7. The van der Waals surface area contributed by atoms with E-state index in [-0.39, 0.29) is 28.9 Å². The van der Waals surface area contributed by atoms with Gasteiger partial charge in [0.1, 0.15) is 5.69 Å². The third-order valence-corrected chi connectivity index (χ3v) is 3.52. The molecule has 0 heterocycles. The normalized spacial score (nSPS) is 21.1. The predicted molar refractivity (Wildman–Crippen MR) is 71.7 cm³/mol. The number of nitrogens with one attached hydrogen (secondary N) is 1. The van der Waals surface area contributed by atoms with Crippen molar-refractivity contribution in [2.75, 3.05) is 5.73 Å². The molecule has 1 amide bonds. The highest BCUT2D eigenvalue weighted by Crippen LogP contribution is 2.27. The summed E-state index contributed by atoms with van der Waals surface area (Å²) >= 11 is 0. The van der Waals surface area contributed by atoms with Crippen LogP contribution in [0.5, 0.6) is 0 Å². The number of hydrogen-bond donors (Lipinski definition) is 2. The van der Waals surface area contributed by atoms with Crippen LogP contribution in [0.3, 0.4) is 0 Å². The third kappa shape index (κ3) is 2.54. The summed E-state index contributed by atoms with van der Waals surface area (Å²) in [6, 6.07) is 6.05. The highest BCUT2D eigenvalue weighted by atomic mass is 16.6. The number of benzene rings is 1. The Morgan fingerprint density at radius 2 is 2.25 bits per heavy atom. The molecule has 1 aromatic carbocycles. The van der Waals surface area contributed by atoms with E-state index < -0.39 is 10.8 Å². The molecule has 7 nitrogen and oxygen atoms in total. The maximum absolute atomic E-state index is 12.1. The minimum Gasteiger partial charge on any atom is -0.393 e. The maximum atomic E-state index is 12.1. The van der Waals surface area contributed by atoms with Gasteiger partial charge in [-0.3, -0.25) is 14.9 Å². The van der Waals surface area contributed by atoms with Crippen molar-refractivity contribution in [1.29, 1.82) is 5.26 Å². The van der Waals surface area contributed by atoms with Crippen LogP contribution in [0.15, 0.2) is 18.2 Å². The fourth-order valence-electron chi connectivity index (χ4n) is 2.44. The van der Waals surface area contributed by atoms with E-state index in [9.17, 15) is 14.9 Å². The Labute approximate surface area is 115 Å². The molecule has 1 saturated carbocycles. The molecular formula is C13H14N4O3. The first-order valence-electron chi connectivity index (χ1n) is 6.28. The van der Waals surface area contributed by atoms with Gasteiger partial charge in [0.15, 0.2) is 0 Å². The largest absolute Gasteiger partial charge is 0.393 e. The van der Waals surface area contributed by atoms with Crippen LogP contribution in [-0.4, -0.2) is 16.9 Å². The second-order valence-corrected chi connectivity index (χ2v) is 4.74. The lowest BCUT2D eigenvalue weighted by molar-refractivity contribution is -0.383. The van der Waals surface area contributed by atoms with Crippen molar-refractivity contribution in [3.05, 3.63) is 33.9 Å². The highest BCUT2D eigenvalue weighted by Gasteiger charge is 2.29. The zero-order valence-electron chi connectivity index (χ0n) is 10.7. The van der Waals surface area contributed by atoms with Crippen molar-refractivity contribution < 1.29 is 9.72 Å². The van der Waals surface area contributed by atoms with Gasteiger partial charge in [-0.25, -0.2) is 0 Å². The van der Waals surface area contributed by atoms with Gasteiger partial charge in [0.2, 0.25) is 0 Å². The van der Waals surface area contributed by atoms with Crippen LogP contribution in [0, 0.1) is 27.4 Å². The number of para-hydroxylation sites is 1. The number of nitrogen functional groups attached to an aromatic ring is 1. The number of nitrogens with zero attached hydrogens (tertiary/aromatic N) is 2. The summed E-state index contributed by atoms with van der Waals surface area (Å²) in [7, 11) is 0. The average molecular weight is 274 g/mol. The molecule has 0 aromatic heterocycles. The van der Waals surface area contributed by atoms with Gasteiger partial charge in [0, 0.05) is 12.1 Å². The molecular weight excluding hydrogens is 260 g/mol. The van der Waals surface area contributed by atoms with Crippen LogP contribution in [0.25, 0.3) is 0 Å². The van der Waals surface area contributed by atoms with Crippen LogP contribution in [-0.2, 0) is 0 Å². The Kier molecular flexibility index (Phi) is 3.84. The average Bonchev–Trinajstić information content (AvgIpc) is 2.85. The molecule has 0 saturated heterocycles. The number of hydrogen-bond acceptors (Lipinski definition) is 5. The summed E-state index contributed by atoms with van der Waals surface area (Å²) in [5.74, 6) is -0.683. The van der Waals surface area contributed by atoms with E-state index in [0.29, 0.717) is 0 Å². The fourth-order valence-corrected chi connectivity index (χ4v) is 2.44. The fraction of sp³-hybridized carbons (Fsp3) is 0.385. The Bertz CT molecular complexity index is 594. The van der Waals surface area contributed by atoms with Gasteiger partial charge in [-0.05, 0) is 25.3 Å². The van der Waals surface area contributed by atoms with Crippen molar-refractivity contribution in [3.8, 4) is 6.07 Å². The first kappa shape index (κ1) is 13.8. The van der Waals surface area contributed by atoms with Crippen LogP contribution in [0.2, 0.25) is 0 Å². The van der Waals surface area contributed by atoms with Crippen LogP contribution < -0.4 is 11.1 Å². The van der Waals surface area contributed by atoms with Crippen molar-refractivity contribution >= 4 is 17.3 Å². The third-order valence-electron chi connectivity index (χ3n) is 3.52. The Morgan fingerprint density at radius 3 is 2.90 bits per heavy atom. The first-order valence-corrected chi connectivity index (χ1v) is 6.28. The number of rotatable bonds is 3.